The third-order valence-corrected chi connectivity index (χ3v) is 12.7. The average Bonchev–Trinajstić information content (AvgIpc) is 3.32. The van der Waals surface area contributed by atoms with E-state index in [-0.39, 0.29) is 10.9 Å². The van der Waals surface area contributed by atoms with E-state index in [0.717, 1.165) is 5.75 Å². The first-order chi connectivity index (χ1) is 31.9. The van der Waals surface area contributed by atoms with Gasteiger partial charge in [0, 0.05) is 12.1 Å². The van der Waals surface area contributed by atoms with Crippen LogP contribution in [0.3, 0.4) is 0 Å². The molecule has 1 nitrogen and oxygen atoms in total. The summed E-state index contributed by atoms with van der Waals surface area (Å²) in [5, 5.41) is 0. The molecule has 0 bridgehead atoms. The lowest BCUT2D eigenvalue weighted by Crippen LogP contribution is -2.81. The standard InChI is InChI=1S/C24BF20.C21H21OS/c26-5-1(6(27)14(35)21(42)13(5)34)25(2-7(28)15(36)22(43)16(37)8(2)29,3-9(30)17(38)23(44)18(39)10(3)31)4-11(32)19(40)24(45)20(41)12(4)33;1-16-14-20(15-17(2)21(16)22-3)23(18-10-6-4-7-11-18)19-12-8-5-9-13-19/h;4-15H,1-3H3/q-1;+1. The average molecular weight is 1000 g/mol. The highest BCUT2D eigenvalue weighted by molar-refractivity contribution is 7.97. The summed E-state index contributed by atoms with van der Waals surface area (Å²) in [7, 11) is 1.64. The van der Waals surface area contributed by atoms with Gasteiger partial charge >= 0.3 is 0 Å². The van der Waals surface area contributed by atoms with Crippen molar-refractivity contribution < 1.29 is 92.5 Å². The fourth-order valence-corrected chi connectivity index (χ4v) is 10.0. The minimum atomic E-state index is -7.22. The van der Waals surface area contributed by atoms with E-state index < -0.39 is 144 Å². The minimum Gasteiger partial charge on any atom is -0.496 e. The molecule has 0 aliphatic carbocycles. The number of halogens is 20. The third kappa shape index (κ3) is 7.96. The van der Waals surface area contributed by atoms with Crippen LogP contribution in [0.15, 0.2) is 87.5 Å². The number of ether oxygens (including phenoxy) is 1. The van der Waals surface area contributed by atoms with Gasteiger partial charge in [-0.2, -0.15) is 0 Å². The first-order valence-corrected chi connectivity index (χ1v) is 19.9. The molecule has 0 atom stereocenters. The molecule has 68 heavy (non-hydrogen) atoms. The minimum absolute atomic E-state index is 0.101. The van der Waals surface area contributed by atoms with Gasteiger partial charge in [0.1, 0.15) is 58.4 Å². The van der Waals surface area contributed by atoms with Gasteiger partial charge in [-0.3, -0.25) is 0 Å². The Morgan fingerprint density at radius 1 is 0.309 bits per heavy atom. The highest BCUT2D eigenvalue weighted by atomic mass is 32.2. The number of methoxy groups -OCH3 is 1. The van der Waals surface area contributed by atoms with Gasteiger partial charge in [-0.05, 0) is 49.2 Å². The fourth-order valence-electron chi connectivity index (χ4n) is 7.75. The Labute approximate surface area is 372 Å². The van der Waals surface area contributed by atoms with E-state index in [0.29, 0.717) is 0 Å². The summed E-state index contributed by atoms with van der Waals surface area (Å²) in [6, 6.07) is 26.0. The smallest absolute Gasteiger partial charge is 0.200 e. The lowest BCUT2D eigenvalue weighted by molar-refractivity contribution is 0.378. The maximum Gasteiger partial charge on any atom is 0.200 e. The van der Waals surface area contributed by atoms with Crippen LogP contribution in [0.5, 0.6) is 5.75 Å². The Kier molecular flexibility index (Phi) is 14.3. The molecular weight excluding hydrogens is 979 g/mol. The Morgan fingerprint density at radius 2 is 0.515 bits per heavy atom. The molecule has 0 spiro atoms. The summed E-state index contributed by atoms with van der Waals surface area (Å²) in [6.45, 7) is 4.24. The third-order valence-electron chi connectivity index (χ3n) is 10.5. The summed E-state index contributed by atoms with van der Waals surface area (Å²) in [5.74, 6) is -70.4. The second-order valence-corrected chi connectivity index (χ2v) is 16.3. The van der Waals surface area contributed by atoms with Crippen LogP contribution in [-0.4, -0.2) is 13.3 Å². The molecule has 0 unspecified atom stereocenters. The molecule has 0 saturated heterocycles. The number of rotatable bonds is 8. The van der Waals surface area contributed by atoms with E-state index in [4.69, 9.17) is 4.74 Å². The molecule has 0 aliphatic rings. The molecule has 0 saturated carbocycles. The van der Waals surface area contributed by atoms with Gasteiger partial charge in [0.15, 0.2) is 84.5 Å². The molecule has 7 rings (SSSR count). The second kappa shape index (κ2) is 19.2. The summed E-state index contributed by atoms with van der Waals surface area (Å²) in [5.41, 5.74) is -12.0. The number of hydrogen-bond acceptors (Lipinski definition) is 1. The molecule has 356 valence electrons. The van der Waals surface area contributed by atoms with Crippen molar-refractivity contribution in [1.82, 2.24) is 0 Å². The zero-order valence-electron chi connectivity index (χ0n) is 33.9. The lowest BCUT2D eigenvalue weighted by atomic mass is 9.12. The van der Waals surface area contributed by atoms with Gasteiger partial charge < -0.3 is 4.74 Å². The Balaban J connectivity index is 0.000000276. The Morgan fingerprint density at radius 3 is 0.721 bits per heavy atom. The summed E-state index contributed by atoms with van der Waals surface area (Å²) >= 11 is 0. The SMILES string of the molecule is COc1c(C)cc([S+](c2ccccc2)c2ccccc2)cc1C.Fc1c(F)c(F)c([B-](c2c(F)c(F)c(F)c(F)c2F)(c2c(F)c(F)c(F)c(F)c2F)c2c(F)c(F)c(F)c(F)c2F)c(F)c1F. The first-order valence-electron chi connectivity index (χ1n) is 18.6. The normalized spacial score (nSPS) is 11.6. The molecule has 0 aliphatic heterocycles. The number of aryl methyl sites for hydroxylation is 2. The molecule has 0 heterocycles. The Bertz CT molecular complexity index is 2690. The maximum atomic E-state index is 15.4. The van der Waals surface area contributed by atoms with Crippen molar-refractivity contribution in [3.05, 3.63) is 200 Å². The lowest BCUT2D eigenvalue weighted by Gasteiger charge is -2.44. The van der Waals surface area contributed by atoms with Crippen LogP contribution in [0.1, 0.15) is 11.1 Å². The van der Waals surface area contributed by atoms with E-state index in [1.54, 1.807) is 7.11 Å². The van der Waals surface area contributed by atoms with Crippen molar-refractivity contribution >= 4 is 38.9 Å². The first kappa shape index (κ1) is 50.8. The van der Waals surface area contributed by atoms with Crippen LogP contribution in [0, 0.1) is 130 Å². The zero-order chi connectivity index (χ0) is 50.6. The molecule has 0 aromatic heterocycles. The Hall–Kier alpha value is -6.65. The predicted octanol–water partition coefficient (Wildman–Crippen LogP) is 11.3. The van der Waals surface area contributed by atoms with Gasteiger partial charge in [-0.1, -0.05) is 36.4 Å². The van der Waals surface area contributed by atoms with Crippen LogP contribution in [0.25, 0.3) is 0 Å². The highest BCUT2D eigenvalue weighted by Gasteiger charge is 2.52. The zero-order valence-corrected chi connectivity index (χ0v) is 34.7. The molecule has 0 radical (unpaired) electrons. The van der Waals surface area contributed by atoms with E-state index in [1.165, 1.54) is 25.8 Å². The summed E-state index contributed by atoms with van der Waals surface area (Å²) in [6.07, 6.45) is -7.22. The van der Waals surface area contributed by atoms with E-state index in [2.05, 4.69) is 86.6 Å². The van der Waals surface area contributed by atoms with E-state index >= 15 is 35.1 Å². The van der Waals surface area contributed by atoms with Crippen molar-refractivity contribution in [2.45, 2.75) is 28.5 Å². The van der Waals surface area contributed by atoms with Crippen LogP contribution in [0.2, 0.25) is 0 Å². The van der Waals surface area contributed by atoms with E-state index in [1.807, 2.05) is 0 Å². The van der Waals surface area contributed by atoms with Crippen molar-refractivity contribution in [3.8, 4) is 5.75 Å². The van der Waals surface area contributed by atoms with Gasteiger partial charge in [-0.25, -0.2) is 87.8 Å². The van der Waals surface area contributed by atoms with Crippen LogP contribution >= 0.6 is 0 Å². The highest BCUT2D eigenvalue weighted by Crippen LogP contribution is 2.36. The molecule has 0 amide bonds. The quantitative estimate of drug-likeness (QED) is 0.0485. The molecule has 23 heteroatoms. The van der Waals surface area contributed by atoms with Crippen LogP contribution in [0.4, 0.5) is 87.8 Å². The molecule has 7 aromatic carbocycles. The predicted molar refractivity (Wildman–Crippen MR) is 207 cm³/mol. The summed E-state index contributed by atoms with van der Waals surface area (Å²) in [4.78, 5) is 4.00. The fraction of sp³-hybridized carbons (Fsp3) is 0.0667. The van der Waals surface area contributed by atoms with Crippen molar-refractivity contribution in [2.75, 3.05) is 7.11 Å². The molecule has 7 aromatic rings. The van der Waals surface area contributed by atoms with Gasteiger partial charge in [0.05, 0.1) is 18.0 Å². The molecule has 0 fully saturated rings. The maximum absolute atomic E-state index is 15.4. The van der Waals surface area contributed by atoms with Gasteiger partial charge in [-0.15, -0.1) is 21.9 Å². The van der Waals surface area contributed by atoms with Crippen molar-refractivity contribution in [2.24, 2.45) is 0 Å². The second-order valence-electron chi connectivity index (χ2n) is 14.3. The largest absolute Gasteiger partial charge is 0.496 e. The number of hydrogen-bond donors (Lipinski definition) is 0. The van der Waals surface area contributed by atoms with Gasteiger partial charge in [0.25, 0.3) is 0 Å². The monoisotopic (exact) mass is 1000 g/mol. The van der Waals surface area contributed by atoms with Crippen molar-refractivity contribution in [3.63, 3.8) is 0 Å². The van der Waals surface area contributed by atoms with Crippen LogP contribution < -0.4 is 26.6 Å². The van der Waals surface area contributed by atoms with Crippen LogP contribution in [-0.2, 0) is 10.9 Å². The van der Waals surface area contributed by atoms with Crippen molar-refractivity contribution in [1.29, 1.82) is 0 Å². The summed E-state index contributed by atoms with van der Waals surface area (Å²) < 4.78 is 299. The topological polar surface area (TPSA) is 9.23 Å². The molecule has 0 N–H and O–H groups in total. The van der Waals surface area contributed by atoms with Gasteiger partial charge in [0.2, 0.25) is 0 Å². The number of benzene rings is 7. The molecular formula is C45H21BF20OS. The van der Waals surface area contributed by atoms with E-state index in [9.17, 15) is 52.7 Å².